The minimum Gasteiger partial charge on any atom is -0.462 e. The number of rotatable bonds is 56. The molecule has 1 unspecified atom stereocenters. The van der Waals surface area contributed by atoms with Gasteiger partial charge in [-0.3, -0.25) is 14.4 Å². The Bertz CT molecular complexity index is 1070. The molecule has 6 heteroatoms. The summed E-state index contributed by atoms with van der Waals surface area (Å²) in [5.41, 5.74) is 0. The fraction of sp³-hybridized carbons (Fsp3) is 0.952. The van der Waals surface area contributed by atoms with Gasteiger partial charge in [0.2, 0.25) is 0 Å². The lowest BCUT2D eigenvalue weighted by atomic mass is 9.99. The topological polar surface area (TPSA) is 78.9 Å². The highest BCUT2D eigenvalue weighted by Gasteiger charge is 2.19. The van der Waals surface area contributed by atoms with Gasteiger partial charge in [-0.05, 0) is 37.0 Å². The fourth-order valence-corrected chi connectivity index (χ4v) is 9.67. The van der Waals surface area contributed by atoms with Gasteiger partial charge in [-0.2, -0.15) is 0 Å². The van der Waals surface area contributed by atoms with Crippen molar-refractivity contribution in [3.63, 3.8) is 0 Å². The van der Waals surface area contributed by atoms with Gasteiger partial charge >= 0.3 is 17.9 Å². The third-order valence-electron chi connectivity index (χ3n) is 14.8. The van der Waals surface area contributed by atoms with Gasteiger partial charge in [0.1, 0.15) is 13.2 Å². The lowest BCUT2D eigenvalue weighted by Gasteiger charge is -2.18. The van der Waals surface area contributed by atoms with Crippen LogP contribution in [0.5, 0.6) is 0 Å². The zero-order valence-electron chi connectivity index (χ0n) is 47.6. The lowest BCUT2D eigenvalue weighted by Crippen LogP contribution is -2.30. The number of hydrogen-bond donors (Lipinski definition) is 0. The van der Waals surface area contributed by atoms with Gasteiger partial charge in [-0.15, -0.1) is 0 Å². The Kier molecular flexibility index (Phi) is 52.9. The molecule has 0 fully saturated rings. The van der Waals surface area contributed by atoms with Gasteiger partial charge in [0.25, 0.3) is 0 Å². The summed E-state index contributed by atoms with van der Waals surface area (Å²) >= 11 is 0. The summed E-state index contributed by atoms with van der Waals surface area (Å²) < 4.78 is 16.9. The summed E-state index contributed by atoms with van der Waals surface area (Å²) in [6.07, 6.45) is 58.2. The van der Waals surface area contributed by atoms with E-state index in [2.05, 4.69) is 41.5 Å². The average molecular weight is 976 g/mol. The number of esters is 3. The van der Waals surface area contributed by atoms with Gasteiger partial charge in [0.05, 0.1) is 0 Å². The molecule has 0 saturated heterocycles. The molecule has 69 heavy (non-hydrogen) atoms. The van der Waals surface area contributed by atoms with Crippen molar-refractivity contribution in [3.8, 4) is 0 Å². The van der Waals surface area contributed by atoms with Crippen molar-refractivity contribution < 1.29 is 28.6 Å². The van der Waals surface area contributed by atoms with Crippen LogP contribution >= 0.6 is 0 Å². The number of carbonyl (C=O) groups is 3. The summed E-state index contributed by atoms with van der Waals surface area (Å²) in [4.78, 5) is 38.2. The van der Waals surface area contributed by atoms with E-state index in [1.165, 1.54) is 231 Å². The Morgan fingerprint density at radius 3 is 0.754 bits per heavy atom. The van der Waals surface area contributed by atoms with Crippen LogP contribution in [0, 0.1) is 17.8 Å². The monoisotopic (exact) mass is 975 g/mol. The smallest absolute Gasteiger partial charge is 0.306 e. The molecule has 0 rings (SSSR count). The molecule has 0 bridgehead atoms. The van der Waals surface area contributed by atoms with Gasteiger partial charge < -0.3 is 14.2 Å². The van der Waals surface area contributed by atoms with Crippen LogP contribution < -0.4 is 0 Å². The van der Waals surface area contributed by atoms with Crippen molar-refractivity contribution in [1.82, 2.24) is 0 Å². The molecule has 6 nitrogen and oxygen atoms in total. The van der Waals surface area contributed by atoms with Crippen LogP contribution in [0.15, 0.2) is 0 Å². The number of ether oxygens (including phenoxy) is 3. The first-order valence-electron chi connectivity index (χ1n) is 31.1. The van der Waals surface area contributed by atoms with Crippen molar-refractivity contribution in [1.29, 1.82) is 0 Å². The minimum atomic E-state index is -0.764. The lowest BCUT2D eigenvalue weighted by molar-refractivity contribution is -0.167. The molecule has 0 heterocycles. The van der Waals surface area contributed by atoms with Crippen molar-refractivity contribution in [2.24, 2.45) is 17.8 Å². The summed E-state index contributed by atoms with van der Waals surface area (Å²) in [5.74, 6) is 1.72. The molecule has 0 aliphatic rings. The van der Waals surface area contributed by atoms with Gasteiger partial charge in [-0.1, -0.05) is 311 Å². The first kappa shape index (κ1) is 67.4. The zero-order valence-corrected chi connectivity index (χ0v) is 47.6. The van der Waals surface area contributed by atoms with E-state index in [9.17, 15) is 14.4 Å². The molecular weight excluding hydrogens is 853 g/mol. The number of hydrogen-bond acceptors (Lipinski definition) is 6. The Labute approximate surface area is 431 Å². The maximum absolute atomic E-state index is 12.8. The van der Waals surface area contributed by atoms with E-state index in [1.807, 2.05) is 0 Å². The molecule has 0 aromatic carbocycles. The predicted octanol–water partition coefficient (Wildman–Crippen LogP) is 20.7. The molecule has 2 atom stereocenters. The molecule has 0 saturated carbocycles. The van der Waals surface area contributed by atoms with Crippen LogP contribution in [0.4, 0.5) is 0 Å². The number of carbonyl (C=O) groups excluding carboxylic acids is 3. The van der Waals surface area contributed by atoms with Gasteiger partial charge in [-0.25, -0.2) is 0 Å². The molecule has 0 aliphatic heterocycles. The van der Waals surface area contributed by atoms with E-state index in [4.69, 9.17) is 14.2 Å². The molecule has 0 aromatic heterocycles. The van der Waals surface area contributed by atoms with E-state index >= 15 is 0 Å². The molecule has 0 radical (unpaired) electrons. The van der Waals surface area contributed by atoms with E-state index in [1.54, 1.807) is 0 Å². The standard InChI is InChI=1S/C63H122O6/c1-7-59(6)51-45-39-33-27-21-17-12-10-8-9-11-13-18-22-28-34-40-46-52-61(64)67-55-60(69-63(66)54-48-42-36-30-24-26-32-38-44-50-58(4)5)56-68-62(65)53-47-41-35-29-23-19-15-14-16-20-25-31-37-43-49-57(2)3/h57-60H,7-56H2,1-6H3/t59?,60-/m1/s1. The molecule has 410 valence electrons. The Balaban J connectivity index is 4.22. The van der Waals surface area contributed by atoms with Gasteiger partial charge in [0.15, 0.2) is 6.10 Å². The van der Waals surface area contributed by atoms with Crippen LogP contribution in [-0.2, 0) is 28.6 Å². The van der Waals surface area contributed by atoms with Crippen LogP contribution in [0.3, 0.4) is 0 Å². The quantitative estimate of drug-likeness (QED) is 0.0343. The second-order valence-corrected chi connectivity index (χ2v) is 22.9. The largest absolute Gasteiger partial charge is 0.462 e. The van der Waals surface area contributed by atoms with Crippen molar-refractivity contribution in [2.75, 3.05) is 13.2 Å². The minimum absolute atomic E-state index is 0.0633. The summed E-state index contributed by atoms with van der Waals surface area (Å²) in [6, 6.07) is 0. The zero-order chi connectivity index (χ0) is 50.5. The first-order valence-corrected chi connectivity index (χ1v) is 31.1. The first-order chi connectivity index (χ1) is 33.6. The molecule has 0 aliphatic carbocycles. The van der Waals surface area contributed by atoms with Crippen LogP contribution in [0.2, 0.25) is 0 Å². The highest BCUT2D eigenvalue weighted by atomic mass is 16.6. The average Bonchev–Trinajstić information content (AvgIpc) is 3.32. The van der Waals surface area contributed by atoms with Crippen LogP contribution in [0.1, 0.15) is 350 Å². The van der Waals surface area contributed by atoms with Crippen LogP contribution in [-0.4, -0.2) is 37.2 Å². The SMILES string of the molecule is CCC(C)CCCCCCCCCCCCCCCCCCCCC(=O)OC[C@H](COC(=O)CCCCCCCCCCCCCCCCC(C)C)OC(=O)CCCCCCCCCCCC(C)C. The molecule has 0 spiro atoms. The highest BCUT2D eigenvalue weighted by Crippen LogP contribution is 2.19. The summed E-state index contributed by atoms with van der Waals surface area (Å²) in [7, 11) is 0. The maximum Gasteiger partial charge on any atom is 0.306 e. The maximum atomic E-state index is 12.8. The van der Waals surface area contributed by atoms with Crippen molar-refractivity contribution >= 4 is 17.9 Å². The highest BCUT2D eigenvalue weighted by molar-refractivity contribution is 5.71. The normalized spacial score (nSPS) is 12.5. The number of unbranched alkanes of at least 4 members (excludes halogenated alkanes) is 38. The summed E-state index contributed by atoms with van der Waals surface area (Å²) in [6.45, 7) is 13.8. The third-order valence-corrected chi connectivity index (χ3v) is 14.8. The summed E-state index contributed by atoms with van der Waals surface area (Å²) in [5, 5.41) is 0. The van der Waals surface area contributed by atoms with E-state index < -0.39 is 6.10 Å². The molecular formula is C63H122O6. The molecule has 0 aromatic rings. The third kappa shape index (κ3) is 55.6. The Morgan fingerprint density at radius 2 is 0.507 bits per heavy atom. The van der Waals surface area contributed by atoms with Crippen LogP contribution in [0.25, 0.3) is 0 Å². The van der Waals surface area contributed by atoms with E-state index in [-0.39, 0.29) is 31.1 Å². The fourth-order valence-electron chi connectivity index (χ4n) is 9.67. The second-order valence-electron chi connectivity index (χ2n) is 22.9. The Hall–Kier alpha value is -1.59. The molecule has 0 amide bonds. The predicted molar refractivity (Wildman–Crippen MR) is 298 cm³/mol. The van der Waals surface area contributed by atoms with Crippen molar-refractivity contribution in [2.45, 2.75) is 356 Å². The Morgan fingerprint density at radius 1 is 0.290 bits per heavy atom. The van der Waals surface area contributed by atoms with E-state index in [0.717, 1.165) is 75.5 Å². The molecule has 0 N–H and O–H groups in total. The van der Waals surface area contributed by atoms with E-state index in [0.29, 0.717) is 19.3 Å². The van der Waals surface area contributed by atoms with Gasteiger partial charge in [0, 0.05) is 19.3 Å². The van der Waals surface area contributed by atoms with Crippen molar-refractivity contribution in [3.05, 3.63) is 0 Å². The second kappa shape index (κ2) is 54.2.